The number of esters is 1. The quantitative estimate of drug-likeness (QED) is 0.774. The summed E-state index contributed by atoms with van der Waals surface area (Å²) in [5.41, 5.74) is -0.790. The van der Waals surface area contributed by atoms with E-state index in [9.17, 15) is 27.6 Å². The Hall–Kier alpha value is -2.58. The third-order valence-corrected chi connectivity index (χ3v) is 5.01. The van der Waals surface area contributed by atoms with Crippen LogP contribution in [0.3, 0.4) is 0 Å². The first-order valence-electron chi connectivity index (χ1n) is 9.17. The number of ether oxygens (including phenoxy) is 1. The number of benzene rings is 1. The standard InChI is InChI=1S/C19H21F3N2O4/c20-19(21,22)13-4-3-7-15(9-13)24-10-12(8-17(24)26)18(27)28-11-16(25)23-14-5-1-2-6-14/h3-4,7,9,12,14H,1-2,5-6,8,10-11H2,(H,23,25)/t12-/m0/s1. The van der Waals surface area contributed by atoms with Gasteiger partial charge in [0.25, 0.3) is 5.91 Å². The van der Waals surface area contributed by atoms with Crippen molar-refractivity contribution in [1.82, 2.24) is 5.32 Å². The van der Waals surface area contributed by atoms with E-state index in [1.807, 2.05) is 0 Å². The van der Waals surface area contributed by atoms with Crippen LogP contribution in [0.5, 0.6) is 0 Å². The second kappa shape index (κ2) is 8.20. The van der Waals surface area contributed by atoms with Gasteiger partial charge in [0.2, 0.25) is 5.91 Å². The van der Waals surface area contributed by atoms with E-state index in [1.54, 1.807) is 0 Å². The fourth-order valence-corrected chi connectivity index (χ4v) is 3.56. The topological polar surface area (TPSA) is 75.7 Å². The largest absolute Gasteiger partial charge is 0.455 e. The summed E-state index contributed by atoms with van der Waals surface area (Å²) < 4.78 is 43.6. The summed E-state index contributed by atoms with van der Waals surface area (Å²) >= 11 is 0. The molecule has 1 saturated carbocycles. The molecule has 28 heavy (non-hydrogen) atoms. The van der Waals surface area contributed by atoms with E-state index in [2.05, 4.69) is 5.32 Å². The third kappa shape index (κ3) is 4.82. The molecule has 9 heteroatoms. The van der Waals surface area contributed by atoms with Crippen molar-refractivity contribution in [3.8, 4) is 0 Å². The van der Waals surface area contributed by atoms with E-state index >= 15 is 0 Å². The minimum Gasteiger partial charge on any atom is -0.455 e. The second-order valence-corrected chi connectivity index (χ2v) is 7.11. The van der Waals surface area contributed by atoms with Gasteiger partial charge in [-0.05, 0) is 31.0 Å². The van der Waals surface area contributed by atoms with E-state index in [1.165, 1.54) is 12.1 Å². The van der Waals surface area contributed by atoms with Gasteiger partial charge < -0.3 is 15.0 Å². The maximum Gasteiger partial charge on any atom is 0.416 e. The fraction of sp³-hybridized carbons (Fsp3) is 0.526. The Bertz CT molecular complexity index is 760. The summed E-state index contributed by atoms with van der Waals surface area (Å²) in [7, 11) is 0. The number of hydrogen-bond donors (Lipinski definition) is 1. The van der Waals surface area contributed by atoms with Crippen LogP contribution in [-0.4, -0.2) is 37.0 Å². The van der Waals surface area contributed by atoms with Crippen LogP contribution < -0.4 is 10.2 Å². The zero-order chi connectivity index (χ0) is 20.3. The number of rotatable bonds is 5. The minimum absolute atomic E-state index is 0.0779. The first kappa shape index (κ1) is 20.2. The smallest absolute Gasteiger partial charge is 0.416 e. The molecule has 2 amide bonds. The van der Waals surface area contributed by atoms with Crippen LogP contribution >= 0.6 is 0 Å². The average molecular weight is 398 g/mol. The number of carbonyl (C=O) groups is 3. The highest BCUT2D eigenvalue weighted by atomic mass is 19.4. The number of halogens is 3. The van der Waals surface area contributed by atoms with Crippen LogP contribution in [0.15, 0.2) is 24.3 Å². The molecule has 1 aromatic carbocycles. The zero-order valence-electron chi connectivity index (χ0n) is 15.1. The van der Waals surface area contributed by atoms with Crippen molar-refractivity contribution in [3.63, 3.8) is 0 Å². The van der Waals surface area contributed by atoms with Crippen molar-refractivity contribution >= 4 is 23.5 Å². The Morgan fingerprint density at radius 3 is 2.61 bits per heavy atom. The van der Waals surface area contributed by atoms with Gasteiger partial charge in [0.15, 0.2) is 6.61 Å². The molecule has 0 aromatic heterocycles. The molecule has 1 heterocycles. The highest BCUT2D eigenvalue weighted by molar-refractivity contribution is 5.99. The molecule has 0 radical (unpaired) electrons. The predicted octanol–water partition coefficient (Wildman–Crippen LogP) is 2.66. The van der Waals surface area contributed by atoms with Crippen molar-refractivity contribution in [3.05, 3.63) is 29.8 Å². The van der Waals surface area contributed by atoms with Gasteiger partial charge in [-0.3, -0.25) is 14.4 Å². The molecule has 1 atom stereocenters. The zero-order valence-corrected chi connectivity index (χ0v) is 15.1. The highest BCUT2D eigenvalue weighted by Gasteiger charge is 2.38. The maximum atomic E-state index is 12.9. The van der Waals surface area contributed by atoms with Crippen molar-refractivity contribution < 1.29 is 32.3 Å². The summed E-state index contributed by atoms with van der Waals surface area (Å²) in [6, 6.07) is 4.50. The number of carbonyl (C=O) groups excluding carboxylic acids is 3. The Morgan fingerprint density at radius 2 is 1.93 bits per heavy atom. The Morgan fingerprint density at radius 1 is 1.21 bits per heavy atom. The molecule has 1 N–H and O–H groups in total. The number of nitrogens with one attached hydrogen (secondary N) is 1. The lowest BCUT2D eigenvalue weighted by molar-refractivity contribution is -0.152. The Labute approximate surface area is 160 Å². The monoisotopic (exact) mass is 398 g/mol. The molecule has 1 aromatic rings. The van der Waals surface area contributed by atoms with E-state index in [0.29, 0.717) is 0 Å². The fourth-order valence-electron chi connectivity index (χ4n) is 3.56. The normalized spacial score (nSPS) is 20.5. The molecule has 1 aliphatic carbocycles. The van der Waals surface area contributed by atoms with Gasteiger partial charge in [0, 0.05) is 24.7 Å². The molecule has 3 rings (SSSR count). The molecule has 1 aliphatic heterocycles. The van der Waals surface area contributed by atoms with E-state index in [0.717, 1.165) is 42.7 Å². The molecule has 2 fully saturated rings. The summed E-state index contributed by atoms with van der Waals surface area (Å²) in [6.45, 7) is -0.507. The lowest BCUT2D eigenvalue weighted by atomic mass is 10.1. The van der Waals surface area contributed by atoms with Crippen molar-refractivity contribution in [2.45, 2.75) is 44.3 Å². The number of amides is 2. The molecule has 0 unspecified atom stereocenters. The van der Waals surface area contributed by atoms with E-state index in [-0.39, 0.29) is 30.6 Å². The summed E-state index contributed by atoms with van der Waals surface area (Å²) in [5, 5.41) is 2.79. The molecule has 2 aliphatic rings. The van der Waals surface area contributed by atoms with Crippen LogP contribution in [0.1, 0.15) is 37.7 Å². The SMILES string of the molecule is O=C(COC(=O)[C@H]1CC(=O)N(c2cccc(C(F)(F)F)c2)C1)NC1CCCC1. The molecular formula is C19H21F3N2O4. The number of anilines is 1. The number of alkyl halides is 3. The second-order valence-electron chi connectivity index (χ2n) is 7.11. The minimum atomic E-state index is -4.52. The number of nitrogens with zero attached hydrogens (tertiary/aromatic N) is 1. The van der Waals surface area contributed by atoms with Gasteiger partial charge in [-0.15, -0.1) is 0 Å². The predicted molar refractivity (Wildman–Crippen MR) is 93.3 cm³/mol. The van der Waals surface area contributed by atoms with Crippen molar-refractivity contribution in [2.24, 2.45) is 5.92 Å². The van der Waals surface area contributed by atoms with Crippen molar-refractivity contribution in [1.29, 1.82) is 0 Å². The first-order chi connectivity index (χ1) is 13.2. The average Bonchev–Trinajstić information content (AvgIpc) is 3.28. The summed E-state index contributed by atoms with van der Waals surface area (Å²) in [4.78, 5) is 37.3. The highest BCUT2D eigenvalue weighted by Crippen LogP contribution is 2.33. The van der Waals surface area contributed by atoms with Gasteiger partial charge in [0.1, 0.15) is 0 Å². The lowest BCUT2D eigenvalue weighted by Gasteiger charge is -2.18. The van der Waals surface area contributed by atoms with E-state index < -0.39 is 36.1 Å². The molecule has 0 spiro atoms. The van der Waals surface area contributed by atoms with Gasteiger partial charge >= 0.3 is 12.1 Å². The first-order valence-corrected chi connectivity index (χ1v) is 9.17. The number of hydrogen-bond acceptors (Lipinski definition) is 4. The summed E-state index contributed by atoms with van der Waals surface area (Å²) in [6.07, 6.45) is -0.769. The van der Waals surface area contributed by atoms with Gasteiger partial charge in [0.05, 0.1) is 11.5 Å². The van der Waals surface area contributed by atoms with Gasteiger partial charge in [-0.25, -0.2) is 0 Å². The van der Waals surface area contributed by atoms with Crippen LogP contribution in [0, 0.1) is 5.92 Å². The molecular weight excluding hydrogens is 377 g/mol. The Kier molecular flexibility index (Phi) is 5.90. The van der Waals surface area contributed by atoms with Crippen LogP contribution in [0.4, 0.5) is 18.9 Å². The van der Waals surface area contributed by atoms with Crippen LogP contribution in [-0.2, 0) is 25.3 Å². The summed E-state index contributed by atoms with van der Waals surface area (Å²) in [5.74, 6) is -2.37. The van der Waals surface area contributed by atoms with Crippen LogP contribution in [0.2, 0.25) is 0 Å². The molecule has 0 bridgehead atoms. The Balaban J connectivity index is 1.55. The van der Waals surface area contributed by atoms with Crippen LogP contribution in [0.25, 0.3) is 0 Å². The molecule has 6 nitrogen and oxygen atoms in total. The third-order valence-electron chi connectivity index (χ3n) is 5.01. The lowest BCUT2D eigenvalue weighted by Crippen LogP contribution is -2.36. The molecule has 1 saturated heterocycles. The molecule has 152 valence electrons. The van der Waals surface area contributed by atoms with E-state index in [4.69, 9.17) is 4.74 Å². The van der Waals surface area contributed by atoms with Gasteiger partial charge in [-0.2, -0.15) is 13.2 Å². The maximum absolute atomic E-state index is 12.9. The van der Waals surface area contributed by atoms with Gasteiger partial charge in [-0.1, -0.05) is 18.9 Å². The van der Waals surface area contributed by atoms with Crippen molar-refractivity contribution in [2.75, 3.05) is 18.1 Å².